The van der Waals surface area contributed by atoms with Crippen molar-refractivity contribution in [2.24, 2.45) is 0 Å². The lowest BCUT2D eigenvalue weighted by Gasteiger charge is -2.29. The molecule has 1 aromatic heterocycles. The van der Waals surface area contributed by atoms with Gasteiger partial charge in [-0.1, -0.05) is 6.07 Å². The van der Waals surface area contributed by atoms with E-state index in [0.29, 0.717) is 0 Å². The molecular weight excluding hydrogens is 184 g/mol. The van der Waals surface area contributed by atoms with E-state index in [-0.39, 0.29) is 0 Å². The van der Waals surface area contributed by atoms with Crippen LogP contribution in [0.25, 0.3) is 0 Å². The summed E-state index contributed by atoms with van der Waals surface area (Å²) < 4.78 is 0. The molecule has 0 unspecified atom stereocenters. The lowest BCUT2D eigenvalue weighted by Crippen LogP contribution is -2.31. The zero-order valence-electron chi connectivity index (χ0n) is 10.0. The second-order valence-electron chi connectivity index (χ2n) is 4.58. The highest BCUT2D eigenvalue weighted by Gasteiger charge is 2.14. The Morgan fingerprint density at radius 1 is 1.00 bits per heavy atom. The normalized spacial score (nSPS) is 16.9. The van der Waals surface area contributed by atoms with Gasteiger partial charge in [-0.25, -0.2) is 4.98 Å². The lowest BCUT2D eigenvalue weighted by atomic mass is 10.1. The van der Waals surface area contributed by atoms with E-state index in [1.807, 2.05) is 0 Å². The zero-order valence-corrected chi connectivity index (χ0v) is 10.0. The first-order valence-corrected chi connectivity index (χ1v) is 5.88. The van der Waals surface area contributed by atoms with Crippen LogP contribution in [-0.4, -0.2) is 18.1 Å². The number of aromatic nitrogens is 1. The van der Waals surface area contributed by atoms with E-state index in [1.54, 1.807) is 0 Å². The number of rotatable bonds is 1. The summed E-state index contributed by atoms with van der Waals surface area (Å²) in [5.41, 5.74) is 3.79. The largest absolute Gasteiger partial charge is 0.356 e. The topological polar surface area (TPSA) is 16.1 Å². The maximum Gasteiger partial charge on any atom is 0.131 e. The van der Waals surface area contributed by atoms with Crippen molar-refractivity contribution in [1.82, 2.24) is 4.98 Å². The number of pyridine rings is 1. The van der Waals surface area contributed by atoms with Crippen LogP contribution in [-0.2, 0) is 0 Å². The van der Waals surface area contributed by atoms with Gasteiger partial charge >= 0.3 is 0 Å². The predicted molar refractivity (Wildman–Crippen MR) is 64.5 cm³/mol. The molecule has 0 radical (unpaired) electrons. The van der Waals surface area contributed by atoms with E-state index in [2.05, 4.69) is 31.7 Å². The minimum absolute atomic E-state index is 1.17. The first kappa shape index (κ1) is 10.5. The van der Waals surface area contributed by atoms with Gasteiger partial charge in [0.2, 0.25) is 0 Å². The third kappa shape index (κ3) is 2.14. The van der Waals surface area contributed by atoms with E-state index >= 15 is 0 Å². The highest BCUT2D eigenvalue weighted by molar-refractivity contribution is 5.49. The smallest absolute Gasteiger partial charge is 0.131 e. The first-order valence-electron chi connectivity index (χ1n) is 5.88. The van der Waals surface area contributed by atoms with Crippen LogP contribution in [0.5, 0.6) is 0 Å². The Balaban J connectivity index is 2.30. The second kappa shape index (κ2) is 4.21. The average molecular weight is 204 g/mol. The van der Waals surface area contributed by atoms with Gasteiger partial charge in [0.05, 0.1) is 0 Å². The van der Waals surface area contributed by atoms with Crippen molar-refractivity contribution < 1.29 is 0 Å². The Morgan fingerprint density at radius 3 is 2.33 bits per heavy atom. The highest BCUT2D eigenvalue weighted by Crippen LogP contribution is 2.23. The van der Waals surface area contributed by atoms with Crippen molar-refractivity contribution in [2.75, 3.05) is 18.0 Å². The maximum atomic E-state index is 4.72. The van der Waals surface area contributed by atoms with Crippen LogP contribution in [0.1, 0.15) is 36.1 Å². The summed E-state index contributed by atoms with van der Waals surface area (Å²) in [6, 6.07) is 2.26. The number of anilines is 1. The van der Waals surface area contributed by atoms with Crippen LogP contribution >= 0.6 is 0 Å². The van der Waals surface area contributed by atoms with Crippen molar-refractivity contribution in [3.63, 3.8) is 0 Å². The summed E-state index contributed by atoms with van der Waals surface area (Å²) in [5.74, 6) is 1.21. The van der Waals surface area contributed by atoms with Crippen molar-refractivity contribution in [3.8, 4) is 0 Å². The van der Waals surface area contributed by atoms with Crippen molar-refractivity contribution in [2.45, 2.75) is 40.0 Å². The van der Waals surface area contributed by atoms with Gasteiger partial charge in [0, 0.05) is 18.8 Å². The summed E-state index contributed by atoms with van der Waals surface area (Å²) in [6.45, 7) is 8.76. The Bertz CT molecular complexity index is 352. The molecule has 0 aliphatic carbocycles. The molecule has 2 nitrogen and oxygen atoms in total. The predicted octanol–water partition coefficient (Wildman–Crippen LogP) is 3.00. The Hall–Kier alpha value is -1.05. The maximum absolute atomic E-state index is 4.72. The fourth-order valence-electron chi connectivity index (χ4n) is 2.25. The van der Waals surface area contributed by atoms with Crippen LogP contribution in [0.4, 0.5) is 5.82 Å². The Kier molecular flexibility index (Phi) is 2.94. The summed E-state index contributed by atoms with van der Waals surface area (Å²) in [7, 11) is 0. The third-order valence-electron chi connectivity index (χ3n) is 3.29. The molecule has 15 heavy (non-hydrogen) atoms. The van der Waals surface area contributed by atoms with Gasteiger partial charge in [0.1, 0.15) is 5.82 Å². The van der Waals surface area contributed by atoms with E-state index in [9.17, 15) is 0 Å². The molecule has 0 amide bonds. The van der Waals surface area contributed by atoms with Gasteiger partial charge in [-0.3, -0.25) is 0 Å². The third-order valence-corrected chi connectivity index (χ3v) is 3.29. The van der Waals surface area contributed by atoms with Gasteiger partial charge in [-0.15, -0.1) is 0 Å². The van der Waals surface area contributed by atoms with E-state index in [4.69, 9.17) is 4.98 Å². The van der Waals surface area contributed by atoms with E-state index in [0.717, 1.165) is 0 Å². The van der Waals surface area contributed by atoms with Crippen molar-refractivity contribution >= 4 is 5.82 Å². The van der Waals surface area contributed by atoms with Crippen LogP contribution in [0.3, 0.4) is 0 Å². The fraction of sp³-hybridized carbons (Fsp3) is 0.615. The number of hydrogen-bond acceptors (Lipinski definition) is 2. The summed E-state index contributed by atoms with van der Waals surface area (Å²) in [6.07, 6.45) is 4.00. The van der Waals surface area contributed by atoms with Crippen molar-refractivity contribution in [3.05, 3.63) is 22.9 Å². The quantitative estimate of drug-likeness (QED) is 0.699. The van der Waals surface area contributed by atoms with Gasteiger partial charge in [0.15, 0.2) is 0 Å². The van der Waals surface area contributed by atoms with E-state index < -0.39 is 0 Å². The minimum atomic E-state index is 1.17. The molecule has 1 aliphatic heterocycles. The lowest BCUT2D eigenvalue weighted by molar-refractivity contribution is 0.572. The molecule has 1 saturated heterocycles. The molecule has 0 spiro atoms. The summed E-state index contributed by atoms with van der Waals surface area (Å²) in [5, 5.41) is 0. The molecule has 0 aromatic carbocycles. The SMILES string of the molecule is Cc1cc(C)c(N2CCCCC2)nc1C. The molecule has 0 saturated carbocycles. The Labute approximate surface area is 92.3 Å². The second-order valence-corrected chi connectivity index (χ2v) is 4.58. The first-order chi connectivity index (χ1) is 7.18. The van der Waals surface area contributed by atoms with Gasteiger partial charge in [-0.2, -0.15) is 0 Å². The van der Waals surface area contributed by atoms with Crippen molar-refractivity contribution in [1.29, 1.82) is 0 Å². The molecular formula is C13H20N2. The standard InChI is InChI=1S/C13H20N2/c1-10-9-11(2)13(14-12(10)3)15-7-5-4-6-8-15/h9H,4-8H2,1-3H3. The molecule has 2 rings (SSSR count). The molecule has 2 heteroatoms. The van der Waals surface area contributed by atoms with Crippen LogP contribution in [0.15, 0.2) is 6.07 Å². The number of nitrogens with zero attached hydrogens (tertiary/aromatic N) is 2. The molecule has 2 heterocycles. The summed E-state index contributed by atoms with van der Waals surface area (Å²) >= 11 is 0. The molecule has 0 N–H and O–H groups in total. The van der Waals surface area contributed by atoms with Gasteiger partial charge in [-0.05, 0) is 51.2 Å². The Morgan fingerprint density at radius 2 is 1.67 bits per heavy atom. The molecule has 82 valence electrons. The van der Waals surface area contributed by atoms with E-state index in [1.165, 1.54) is 55.0 Å². The van der Waals surface area contributed by atoms with Gasteiger partial charge < -0.3 is 4.90 Å². The minimum Gasteiger partial charge on any atom is -0.356 e. The van der Waals surface area contributed by atoms with Gasteiger partial charge in [0.25, 0.3) is 0 Å². The molecule has 1 fully saturated rings. The fourth-order valence-corrected chi connectivity index (χ4v) is 2.25. The number of piperidine rings is 1. The average Bonchev–Trinajstić information content (AvgIpc) is 2.25. The number of aryl methyl sites for hydroxylation is 3. The molecule has 1 aromatic rings. The molecule has 0 bridgehead atoms. The van der Waals surface area contributed by atoms with Crippen LogP contribution < -0.4 is 4.90 Å². The molecule has 1 aliphatic rings. The molecule has 0 atom stereocenters. The van der Waals surface area contributed by atoms with Crippen LogP contribution in [0, 0.1) is 20.8 Å². The van der Waals surface area contributed by atoms with Crippen LogP contribution in [0.2, 0.25) is 0 Å². The zero-order chi connectivity index (χ0) is 10.8. The number of hydrogen-bond donors (Lipinski definition) is 0. The highest BCUT2D eigenvalue weighted by atomic mass is 15.2. The monoisotopic (exact) mass is 204 g/mol. The summed E-state index contributed by atoms with van der Waals surface area (Å²) in [4.78, 5) is 7.16.